The van der Waals surface area contributed by atoms with Gasteiger partial charge in [0.2, 0.25) is 0 Å². The smallest absolute Gasteiger partial charge is 0.251 e. The Morgan fingerprint density at radius 3 is 2.73 bits per heavy atom. The third-order valence-corrected chi connectivity index (χ3v) is 6.94. The minimum absolute atomic E-state index is 0.0361. The second-order valence-electron chi connectivity index (χ2n) is 8.75. The van der Waals surface area contributed by atoms with Gasteiger partial charge in [-0.2, -0.15) is 10.5 Å². The first-order chi connectivity index (χ1) is 14.5. The van der Waals surface area contributed by atoms with Crippen molar-refractivity contribution in [1.82, 2.24) is 15.2 Å². The molecule has 3 atom stereocenters. The lowest BCUT2D eigenvalue weighted by Gasteiger charge is -2.22. The van der Waals surface area contributed by atoms with Crippen LogP contribution in [0.5, 0.6) is 0 Å². The largest absolute Gasteiger partial charge is 0.347 e. The lowest BCUT2D eigenvalue weighted by Crippen LogP contribution is -2.43. The molecule has 0 radical (unpaired) electrons. The molecule has 6 nitrogen and oxygen atoms in total. The predicted octanol–water partition coefficient (Wildman–Crippen LogP) is 3.43. The summed E-state index contributed by atoms with van der Waals surface area (Å²) in [7, 11) is 0. The topological polar surface area (TPSA) is 92.8 Å². The Morgan fingerprint density at radius 1 is 1.23 bits per heavy atom. The molecular weight excluding hydrogens is 374 g/mol. The first-order valence-corrected chi connectivity index (χ1v) is 10.5. The Balaban J connectivity index is 1.35. The van der Waals surface area contributed by atoms with Gasteiger partial charge in [-0.3, -0.25) is 9.78 Å². The summed E-state index contributed by atoms with van der Waals surface area (Å²) in [6.07, 6.45) is 6.87. The Kier molecular flexibility index (Phi) is 4.25. The predicted molar refractivity (Wildman–Crippen MR) is 111 cm³/mol. The molecule has 1 aromatic carbocycles. The highest BCUT2D eigenvalue weighted by Gasteiger charge is 2.47. The number of rotatable bonds is 4. The van der Waals surface area contributed by atoms with Crippen LogP contribution >= 0.6 is 0 Å². The molecule has 2 saturated heterocycles. The SMILES string of the molecule is Cc1cc(-c2cccc(C3(C#N)CC3)n2)ccc1C(=O)N[C@@H]1C[C@@H]2CC[C@H]1N2C#N. The van der Waals surface area contributed by atoms with Gasteiger partial charge in [-0.05, 0) is 68.9 Å². The number of nitrogens with zero attached hydrogens (tertiary/aromatic N) is 4. The van der Waals surface area contributed by atoms with Gasteiger partial charge in [0, 0.05) is 17.2 Å². The van der Waals surface area contributed by atoms with Crippen LogP contribution in [-0.4, -0.2) is 33.9 Å². The average Bonchev–Trinajstić information content (AvgIpc) is 3.38. The second kappa shape index (κ2) is 6.85. The highest BCUT2D eigenvalue weighted by Crippen LogP contribution is 2.47. The number of pyridine rings is 1. The number of aromatic nitrogens is 1. The number of aryl methyl sites for hydroxylation is 1. The lowest BCUT2D eigenvalue weighted by molar-refractivity contribution is 0.0928. The van der Waals surface area contributed by atoms with Crippen molar-refractivity contribution in [2.75, 3.05) is 0 Å². The Labute approximate surface area is 176 Å². The summed E-state index contributed by atoms with van der Waals surface area (Å²) in [6.45, 7) is 1.93. The highest BCUT2D eigenvalue weighted by molar-refractivity contribution is 5.96. The first kappa shape index (κ1) is 18.6. The van der Waals surface area contributed by atoms with Crippen LogP contribution in [0.25, 0.3) is 11.3 Å². The van der Waals surface area contributed by atoms with E-state index < -0.39 is 5.41 Å². The van der Waals surface area contributed by atoms with Crippen molar-refractivity contribution in [2.24, 2.45) is 0 Å². The van der Waals surface area contributed by atoms with Crippen molar-refractivity contribution in [3.05, 3.63) is 53.2 Å². The number of nitriles is 2. The first-order valence-electron chi connectivity index (χ1n) is 10.5. The number of benzene rings is 1. The zero-order valence-corrected chi connectivity index (χ0v) is 16.9. The van der Waals surface area contributed by atoms with E-state index in [1.807, 2.05) is 48.2 Å². The molecule has 3 aliphatic rings. The van der Waals surface area contributed by atoms with E-state index in [1.54, 1.807) is 0 Å². The van der Waals surface area contributed by atoms with Gasteiger partial charge < -0.3 is 10.2 Å². The zero-order chi connectivity index (χ0) is 20.9. The average molecular weight is 397 g/mol. The maximum absolute atomic E-state index is 12.9. The third-order valence-electron chi connectivity index (χ3n) is 6.94. The molecule has 1 aliphatic carbocycles. The number of fused-ring (bicyclic) bond motifs is 2. The van der Waals surface area contributed by atoms with Gasteiger partial charge in [0.05, 0.1) is 35.0 Å². The van der Waals surface area contributed by atoms with Crippen molar-refractivity contribution >= 4 is 5.91 Å². The molecule has 1 N–H and O–H groups in total. The van der Waals surface area contributed by atoms with E-state index in [0.717, 1.165) is 54.6 Å². The minimum Gasteiger partial charge on any atom is -0.347 e. The number of amides is 1. The molecule has 2 aromatic rings. The van der Waals surface area contributed by atoms with E-state index in [4.69, 9.17) is 4.98 Å². The molecule has 3 fully saturated rings. The zero-order valence-electron chi connectivity index (χ0n) is 16.9. The minimum atomic E-state index is -0.414. The summed E-state index contributed by atoms with van der Waals surface area (Å²) in [6, 6.07) is 14.4. The standard InChI is InChI=1S/C24H23N5O/c1-15-11-16(19-3-2-4-22(27-19)24(13-25)9-10-24)5-7-18(15)23(30)28-20-12-17-6-8-21(20)29(17)14-26/h2-5,7,11,17,20-21H,6,8-10,12H2,1H3,(H,28,30)/t17-,20+,21+/m0/s1. The molecule has 2 bridgehead atoms. The van der Waals surface area contributed by atoms with Crippen molar-refractivity contribution in [3.8, 4) is 23.5 Å². The summed E-state index contributed by atoms with van der Waals surface area (Å²) in [4.78, 5) is 19.5. The number of hydrogen-bond acceptors (Lipinski definition) is 5. The highest BCUT2D eigenvalue weighted by atomic mass is 16.1. The van der Waals surface area contributed by atoms with Crippen molar-refractivity contribution in [1.29, 1.82) is 10.5 Å². The monoisotopic (exact) mass is 397 g/mol. The van der Waals surface area contributed by atoms with Crippen LogP contribution < -0.4 is 5.32 Å². The normalized spacial score (nSPS) is 25.4. The Hall–Kier alpha value is -3.38. The van der Waals surface area contributed by atoms with E-state index in [1.165, 1.54) is 0 Å². The van der Waals surface area contributed by atoms with Crippen LogP contribution in [0, 0.1) is 29.7 Å². The van der Waals surface area contributed by atoms with Crippen LogP contribution in [-0.2, 0) is 5.41 Å². The van der Waals surface area contributed by atoms with Crippen LogP contribution in [0.2, 0.25) is 0 Å². The molecule has 0 spiro atoms. The molecule has 1 aromatic heterocycles. The molecule has 6 heteroatoms. The fraction of sp³-hybridized carbons (Fsp3) is 0.417. The molecular formula is C24H23N5O. The van der Waals surface area contributed by atoms with Crippen molar-refractivity contribution in [2.45, 2.75) is 62.6 Å². The summed E-state index contributed by atoms with van der Waals surface area (Å²) >= 11 is 0. The van der Waals surface area contributed by atoms with Gasteiger partial charge in [0.1, 0.15) is 0 Å². The third kappa shape index (κ3) is 2.92. The maximum atomic E-state index is 12.9. The Bertz CT molecular complexity index is 1110. The lowest BCUT2D eigenvalue weighted by atomic mass is 9.94. The van der Waals surface area contributed by atoms with Crippen molar-refractivity contribution < 1.29 is 4.79 Å². The molecule has 1 saturated carbocycles. The summed E-state index contributed by atoms with van der Waals surface area (Å²) in [5.41, 5.74) is 3.72. The van der Waals surface area contributed by atoms with Crippen LogP contribution in [0.15, 0.2) is 36.4 Å². The molecule has 30 heavy (non-hydrogen) atoms. The molecule has 3 heterocycles. The number of carbonyl (C=O) groups is 1. The van der Waals surface area contributed by atoms with Crippen LogP contribution in [0.4, 0.5) is 0 Å². The van der Waals surface area contributed by atoms with Gasteiger partial charge in [-0.15, -0.1) is 0 Å². The van der Waals surface area contributed by atoms with E-state index in [-0.39, 0.29) is 24.0 Å². The number of nitrogens with one attached hydrogen (secondary N) is 1. The summed E-state index contributed by atoms with van der Waals surface area (Å²) in [5, 5.41) is 21.9. The van der Waals surface area contributed by atoms with E-state index in [2.05, 4.69) is 17.6 Å². The van der Waals surface area contributed by atoms with E-state index >= 15 is 0 Å². The fourth-order valence-electron chi connectivity index (χ4n) is 5.04. The molecule has 1 amide bonds. The van der Waals surface area contributed by atoms with Crippen LogP contribution in [0.1, 0.15) is 53.7 Å². The quantitative estimate of drug-likeness (QED) is 0.798. The van der Waals surface area contributed by atoms with Gasteiger partial charge >= 0.3 is 0 Å². The van der Waals surface area contributed by atoms with E-state index in [0.29, 0.717) is 5.56 Å². The Morgan fingerprint density at radius 2 is 2.07 bits per heavy atom. The van der Waals surface area contributed by atoms with Gasteiger partial charge in [-0.25, -0.2) is 0 Å². The van der Waals surface area contributed by atoms with Gasteiger partial charge in [-0.1, -0.05) is 12.1 Å². The summed E-state index contributed by atoms with van der Waals surface area (Å²) in [5.74, 6) is -0.0855. The molecule has 2 aliphatic heterocycles. The maximum Gasteiger partial charge on any atom is 0.251 e. The number of carbonyl (C=O) groups excluding carboxylic acids is 1. The van der Waals surface area contributed by atoms with Gasteiger partial charge in [0.15, 0.2) is 6.19 Å². The molecule has 5 rings (SSSR count). The molecule has 0 unspecified atom stereocenters. The van der Waals surface area contributed by atoms with Gasteiger partial charge in [0.25, 0.3) is 5.91 Å². The molecule has 150 valence electrons. The second-order valence-corrected chi connectivity index (χ2v) is 8.75. The summed E-state index contributed by atoms with van der Waals surface area (Å²) < 4.78 is 0. The van der Waals surface area contributed by atoms with Crippen molar-refractivity contribution in [3.63, 3.8) is 0 Å². The van der Waals surface area contributed by atoms with Crippen LogP contribution in [0.3, 0.4) is 0 Å². The fourth-order valence-corrected chi connectivity index (χ4v) is 5.04. The van der Waals surface area contributed by atoms with E-state index in [9.17, 15) is 15.3 Å². The number of hydrogen-bond donors (Lipinski definition) is 1.